The highest BCUT2D eigenvalue weighted by molar-refractivity contribution is 7.92. The Labute approximate surface area is 117 Å². The predicted molar refractivity (Wildman–Crippen MR) is 77.4 cm³/mol. The molecule has 106 valence electrons. The first kappa shape index (κ1) is 13.0. The van der Waals surface area contributed by atoms with Crippen molar-refractivity contribution in [1.82, 2.24) is 9.97 Å². The molecule has 0 saturated carbocycles. The second-order valence-corrected chi connectivity index (χ2v) is 6.35. The van der Waals surface area contributed by atoms with E-state index in [2.05, 4.69) is 20.0 Å². The number of aromatic amines is 1. The SMILES string of the molecule is CCc1ncc(S(=O)(=O)Nc2ccc3c(c2)CCN3)[nH]1. The van der Waals surface area contributed by atoms with Crippen molar-refractivity contribution in [2.45, 2.75) is 24.8 Å². The number of fused-ring (bicyclic) bond motifs is 1. The first-order valence-corrected chi connectivity index (χ1v) is 8.00. The third-order valence-electron chi connectivity index (χ3n) is 3.30. The Kier molecular flexibility index (Phi) is 3.13. The molecule has 3 rings (SSSR count). The van der Waals surface area contributed by atoms with Crippen LogP contribution in [0.15, 0.2) is 29.4 Å². The fourth-order valence-corrected chi connectivity index (χ4v) is 3.23. The van der Waals surface area contributed by atoms with Gasteiger partial charge in [-0.15, -0.1) is 0 Å². The molecule has 0 radical (unpaired) electrons. The van der Waals surface area contributed by atoms with Gasteiger partial charge in [0.25, 0.3) is 10.0 Å². The number of benzene rings is 1. The number of imidazole rings is 1. The van der Waals surface area contributed by atoms with Gasteiger partial charge in [-0.2, -0.15) is 8.42 Å². The maximum absolute atomic E-state index is 12.2. The van der Waals surface area contributed by atoms with Gasteiger partial charge in [0.05, 0.1) is 6.20 Å². The third-order valence-corrected chi connectivity index (χ3v) is 4.59. The van der Waals surface area contributed by atoms with E-state index in [0.717, 1.165) is 24.2 Å². The van der Waals surface area contributed by atoms with Crippen molar-refractivity contribution >= 4 is 21.4 Å². The van der Waals surface area contributed by atoms with E-state index in [1.54, 1.807) is 6.07 Å². The van der Waals surface area contributed by atoms with Gasteiger partial charge in [0.2, 0.25) is 0 Å². The molecule has 2 heterocycles. The normalized spacial score (nSPS) is 13.8. The number of sulfonamides is 1. The Hall–Kier alpha value is -2.02. The molecule has 7 heteroatoms. The Morgan fingerprint density at radius 1 is 1.40 bits per heavy atom. The quantitative estimate of drug-likeness (QED) is 0.801. The molecule has 0 atom stereocenters. The van der Waals surface area contributed by atoms with Crippen LogP contribution < -0.4 is 10.0 Å². The van der Waals surface area contributed by atoms with Crippen LogP contribution in [0, 0.1) is 0 Å². The van der Waals surface area contributed by atoms with Crippen LogP contribution >= 0.6 is 0 Å². The molecule has 0 spiro atoms. The van der Waals surface area contributed by atoms with Gasteiger partial charge < -0.3 is 10.3 Å². The minimum atomic E-state index is -3.61. The van der Waals surface area contributed by atoms with Gasteiger partial charge in [-0.05, 0) is 30.2 Å². The summed E-state index contributed by atoms with van der Waals surface area (Å²) >= 11 is 0. The summed E-state index contributed by atoms with van der Waals surface area (Å²) < 4.78 is 27.0. The lowest BCUT2D eigenvalue weighted by Gasteiger charge is -2.08. The first-order chi connectivity index (χ1) is 9.58. The van der Waals surface area contributed by atoms with Gasteiger partial charge in [0.1, 0.15) is 5.82 Å². The molecule has 0 aliphatic carbocycles. The Morgan fingerprint density at radius 2 is 2.25 bits per heavy atom. The monoisotopic (exact) mass is 292 g/mol. The first-order valence-electron chi connectivity index (χ1n) is 6.52. The van der Waals surface area contributed by atoms with Crippen LogP contribution in [0.2, 0.25) is 0 Å². The van der Waals surface area contributed by atoms with Crippen molar-refractivity contribution in [3.8, 4) is 0 Å². The number of hydrogen-bond acceptors (Lipinski definition) is 4. The van der Waals surface area contributed by atoms with Gasteiger partial charge in [0, 0.05) is 24.3 Å². The van der Waals surface area contributed by atoms with E-state index in [1.165, 1.54) is 6.20 Å². The fraction of sp³-hybridized carbons (Fsp3) is 0.308. The maximum atomic E-state index is 12.2. The topological polar surface area (TPSA) is 86.9 Å². The molecule has 20 heavy (non-hydrogen) atoms. The van der Waals surface area contributed by atoms with Gasteiger partial charge in [0.15, 0.2) is 5.03 Å². The molecule has 0 unspecified atom stereocenters. The van der Waals surface area contributed by atoms with E-state index in [1.807, 2.05) is 19.1 Å². The highest BCUT2D eigenvalue weighted by Crippen LogP contribution is 2.26. The molecule has 0 bridgehead atoms. The molecule has 0 amide bonds. The summed E-state index contributed by atoms with van der Waals surface area (Å²) in [5.74, 6) is 0.656. The smallest absolute Gasteiger partial charge is 0.278 e. The van der Waals surface area contributed by atoms with Crippen molar-refractivity contribution in [3.63, 3.8) is 0 Å². The molecule has 2 aromatic rings. The van der Waals surface area contributed by atoms with E-state index in [9.17, 15) is 8.42 Å². The number of hydrogen-bond donors (Lipinski definition) is 3. The van der Waals surface area contributed by atoms with Gasteiger partial charge in [-0.3, -0.25) is 4.72 Å². The van der Waals surface area contributed by atoms with Gasteiger partial charge in [-0.1, -0.05) is 6.92 Å². The molecule has 0 fully saturated rings. The fourth-order valence-electron chi connectivity index (χ4n) is 2.24. The zero-order valence-electron chi connectivity index (χ0n) is 11.1. The second kappa shape index (κ2) is 4.82. The Morgan fingerprint density at radius 3 is 3.00 bits per heavy atom. The predicted octanol–water partition coefficient (Wildman–Crippen LogP) is 1.74. The molecule has 1 aromatic carbocycles. The molecule has 1 aliphatic rings. The second-order valence-electron chi connectivity index (χ2n) is 4.70. The zero-order valence-corrected chi connectivity index (χ0v) is 11.9. The van der Waals surface area contributed by atoms with Crippen molar-refractivity contribution in [2.24, 2.45) is 0 Å². The van der Waals surface area contributed by atoms with Crippen molar-refractivity contribution < 1.29 is 8.42 Å². The van der Waals surface area contributed by atoms with Crippen LogP contribution in [0.1, 0.15) is 18.3 Å². The van der Waals surface area contributed by atoms with Crippen LogP contribution in [0.25, 0.3) is 0 Å². The Bertz CT molecular complexity index is 737. The maximum Gasteiger partial charge on any atom is 0.278 e. The van der Waals surface area contributed by atoms with E-state index in [-0.39, 0.29) is 5.03 Å². The lowest BCUT2D eigenvalue weighted by Crippen LogP contribution is -2.13. The summed E-state index contributed by atoms with van der Waals surface area (Å²) in [6.07, 6.45) is 2.92. The van der Waals surface area contributed by atoms with E-state index in [4.69, 9.17) is 0 Å². The van der Waals surface area contributed by atoms with Crippen LogP contribution in [0.4, 0.5) is 11.4 Å². The summed E-state index contributed by atoms with van der Waals surface area (Å²) in [5.41, 5.74) is 2.77. The third kappa shape index (κ3) is 2.36. The summed E-state index contributed by atoms with van der Waals surface area (Å²) in [4.78, 5) is 6.82. The molecule has 1 aromatic heterocycles. The molecular weight excluding hydrogens is 276 g/mol. The largest absolute Gasteiger partial charge is 0.384 e. The lowest BCUT2D eigenvalue weighted by atomic mass is 10.1. The number of anilines is 2. The summed E-state index contributed by atoms with van der Waals surface area (Å²) in [5, 5.41) is 3.33. The van der Waals surface area contributed by atoms with Crippen LogP contribution in [0.5, 0.6) is 0 Å². The molecule has 1 aliphatic heterocycles. The number of nitrogens with one attached hydrogen (secondary N) is 3. The van der Waals surface area contributed by atoms with E-state index < -0.39 is 10.0 Å². The number of rotatable bonds is 4. The lowest BCUT2D eigenvalue weighted by molar-refractivity contribution is 0.598. The Balaban J connectivity index is 1.86. The van der Waals surface area contributed by atoms with Crippen LogP contribution in [-0.2, 0) is 22.9 Å². The van der Waals surface area contributed by atoms with Crippen LogP contribution in [0.3, 0.4) is 0 Å². The standard InChI is InChI=1S/C13H16N4O2S/c1-2-12-15-8-13(16-12)20(18,19)17-10-3-4-11-9(7-10)5-6-14-11/h3-4,7-8,14,17H,2,5-6H2,1H3,(H,15,16). The van der Waals surface area contributed by atoms with Gasteiger partial charge in [-0.25, -0.2) is 4.98 Å². The van der Waals surface area contributed by atoms with Crippen molar-refractivity contribution in [1.29, 1.82) is 0 Å². The molecule has 3 N–H and O–H groups in total. The summed E-state index contributed by atoms with van der Waals surface area (Å²) in [6, 6.07) is 5.51. The number of aromatic nitrogens is 2. The minimum absolute atomic E-state index is 0.0907. The average Bonchev–Trinajstić information content (AvgIpc) is 3.06. The van der Waals surface area contributed by atoms with Crippen molar-refractivity contribution in [3.05, 3.63) is 35.8 Å². The number of H-pyrrole nitrogens is 1. The van der Waals surface area contributed by atoms with Crippen molar-refractivity contribution in [2.75, 3.05) is 16.6 Å². The average molecular weight is 292 g/mol. The van der Waals surface area contributed by atoms with E-state index >= 15 is 0 Å². The highest BCUT2D eigenvalue weighted by Gasteiger charge is 2.18. The minimum Gasteiger partial charge on any atom is -0.384 e. The number of nitrogens with zero attached hydrogens (tertiary/aromatic N) is 1. The summed E-state index contributed by atoms with van der Waals surface area (Å²) in [7, 11) is -3.61. The highest BCUT2D eigenvalue weighted by atomic mass is 32.2. The molecular formula is C13H16N4O2S. The van der Waals surface area contributed by atoms with E-state index in [0.29, 0.717) is 17.9 Å². The van der Waals surface area contributed by atoms with Gasteiger partial charge >= 0.3 is 0 Å². The summed E-state index contributed by atoms with van der Waals surface area (Å²) in [6.45, 7) is 2.81. The molecule has 0 saturated heterocycles. The number of aryl methyl sites for hydroxylation is 1. The zero-order chi connectivity index (χ0) is 14.2. The molecule has 6 nitrogen and oxygen atoms in total. The van der Waals surface area contributed by atoms with Crippen LogP contribution in [-0.4, -0.2) is 24.9 Å².